The maximum absolute atomic E-state index is 12.3. The molecule has 5 nitrogen and oxygen atoms in total. The Balaban J connectivity index is 2.02. The van der Waals surface area contributed by atoms with E-state index < -0.39 is 17.9 Å². The summed E-state index contributed by atoms with van der Waals surface area (Å²) in [6.45, 7) is 8.24. The number of anilines is 1. The number of carbonyl (C=O) groups excluding carboxylic acids is 2. The van der Waals surface area contributed by atoms with Crippen molar-refractivity contribution in [3.63, 3.8) is 0 Å². The molecule has 0 saturated carbocycles. The fraction of sp³-hybridized carbons (Fsp3) is 0.529. The van der Waals surface area contributed by atoms with E-state index in [1.807, 2.05) is 45.9 Å². The minimum absolute atomic E-state index is 0.0720. The predicted octanol–water partition coefficient (Wildman–Crippen LogP) is 1.41. The van der Waals surface area contributed by atoms with Crippen LogP contribution in [0.1, 0.15) is 31.9 Å². The normalized spacial score (nSPS) is 15.4. The zero-order valence-corrected chi connectivity index (χ0v) is 13.6. The Morgan fingerprint density at radius 2 is 2.05 bits per heavy atom. The number of benzene rings is 1. The maximum Gasteiger partial charge on any atom is 0.316 e. The number of nitrogens with one attached hydrogen (secondary N) is 1. The monoisotopic (exact) mass is 304 g/mol. The fourth-order valence-electron chi connectivity index (χ4n) is 2.51. The molecule has 0 aliphatic carbocycles. The minimum atomic E-state index is -0.697. The van der Waals surface area contributed by atoms with Crippen molar-refractivity contribution in [3.8, 4) is 0 Å². The first-order valence-electron chi connectivity index (χ1n) is 7.58. The Bertz CT molecular complexity index is 590. The largest absolute Gasteiger partial charge is 0.391 e. The van der Waals surface area contributed by atoms with Gasteiger partial charge in [-0.1, -0.05) is 32.9 Å². The summed E-state index contributed by atoms with van der Waals surface area (Å²) >= 11 is 0. The Morgan fingerprint density at radius 1 is 1.36 bits per heavy atom. The Hall–Kier alpha value is -1.88. The molecule has 1 atom stereocenters. The second-order valence-corrected chi connectivity index (χ2v) is 6.87. The number of aliphatic hydroxyl groups excluding tert-OH is 1. The van der Waals surface area contributed by atoms with Crippen molar-refractivity contribution in [2.24, 2.45) is 5.41 Å². The Kier molecular flexibility index (Phi) is 4.56. The van der Waals surface area contributed by atoms with E-state index in [0.29, 0.717) is 6.54 Å². The van der Waals surface area contributed by atoms with Gasteiger partial charge in [0.2, 0.25) is 0 Å². The van der Waals surface area contributed by atoms with Crippen molar-refractivity contribution in [2.75, 3.05) is 18.0 Å². The third-order valence-electron chi connectivity index (χ3n) is 4.16. The second kappa shape index (κ2) is 6.08. The zero-order chi connectivity index (χ0) is 16.5. The number of rotatable bonds is 2. The van der Waals surface area contributed by atoms with Gasteiger partial charge in [-0.15, -0.1) is 0 Å². The molecule has 1 heterocycles. The predicted molar refractivity (Wildman–Crippen MR) is 85.7 cm³/mol. The number of amides is 2. The van der Waals surface area contributed by atoms with Gasteiger partial charge in [0, 0.05) is 18.8 Å². The standard InChI is InChI=1S/C17H24N2O3/c1-11-6-5-7-13-12(11)8-9-19(13)16(22)15(21)18-10-14(20)17(2,3)4/h5-7,14,20H,8-10H2,1-4H3,(H,18,21). The van der Waals surface area contributed by atoms with Crippen LogP contribution in [-0.4, -0.2) is 36.1 Å². The van der Waals surface area contributed by atoms with E-state index in [1.54, 1.807) is 0 Å². The molecule has 1 unspecified atom stereocenters. The highest BCUT2D eigenvalue weighted by molar-refractivity contribution is 6.40. The van der Waals surface area contributed by atoms with Gasteiger partial charge in [0.25, 0.3) is 0 Å². The van der Waals surface area contributed by atoms with Crippen LogP contribution in [0, 0.1) is 12.3 Å². The topological polar surface area (TPSA) is 69.6 Å². The summed E-state index contributed by atoms with van der Waals surface area (Å²) in [5, 5.41) is 12.5. The van der Waals surface area contributed by atoms with Crippen molar-refractivity contribution < 1.29 is 14.7 Å². The van der Waals surface area contributed by atoms with Crippen LogP contribution in [0.3, 0.4) is 0 Å². The average molecular weight is 304 g/mol. The van der Waals surface area contributed by atoms with Crippen molar-refractivity contribution in [3.05, 3.63) is 29.3 Å². The third-order valence-corrected chi connectivity index (χ3v) is 4.16. The minimum Gasteiger partial charge on any atom is -0.391 e. The summed E-state index contributed by atoms with van der Waals surface area (Å²) in [7, 11) is 0. The zero-order valence-electron chi connectivity index (χ0n) is 13.6. The van der Waals surface area contributed by atoms with Crippen LogP contribution < -0.4 is 10.2 Å². The summed E-state index contributed by atoms with van der Waals surface area (Å²) < 4.78 is 0. The van der Waals surface area contributed by atoms with Crippen molar-refractivity contribution in [1.82, 2.24) is 5.32 Å². The maximum atomic E-state index is 12.3. The van der Waals surface area contributed by atoms with Gasteiger partial charge in [-0.05, 0) is 36.0 Å². The molecular weight excluding hydrogens is 280 g/mol. The molecule has 1 aliphatic heterocycles. The Labute approximate surface area is 131 Å². The van der Waals surface area contributed by atoms with Gasteiger partial charge < -0.3 is 15.3 Å². The van der Waals surface area contributed by atoms with E-state index in [-0.39, 0.29) is 12.0 Å². The number of aryl methyl sites for hydroxylation is 1. The second-order valence-electron chi connectivity index (χ2n) is 6.87. The lowest BCUT2D eigenvalue weighted by molar-refractivity contribution is -0.138. The number of nitrogens with zero attached hydrogens (tertiary/aromatic N) is 1. The molecule has 0 aromatic heterocycles. The molecule has 1 aliphatic rings. The third kappa shape index (κ3) is 3.30. The van der Waals surface area contributed by atoms with E-state index in [1.165, 1.54) is 4.90 Å². The summed E-state index contributed by atoms with van der Waals surface area (Å²) in [6, 6.07) is 5.76. The van der Waals surface area contributed by atoms with E-state index >= 15 is 0 Å². The van der Waals surface area contributed by atoms with Gasteiger partial charge in [-0.2, -0.15) is 0 Å². The first-order chi connectivity index (χ1) is 10.2. The molecule has 2 rings (SSSR count). The molecule has 1 aromatic rings. The fourth-order valence-corrected chi connectivity index (χ4v) is 2.51. The van der Waals surface area contributed by atoms with E-state index in [4.69, 9.17) is 0 Å². The SMILES string of the molecule is Cc1cccc2c1CCN2C(=O)C(=O)NCC(O)C(C)(C)C. The lowest BCUT2D eigenvalue weighted by atomic mass is 9.89. The van der Waals surface area contributed by atoms with Gasteiger partial charge in [0.05, 0.1) is 6.10 Å². The molecule has 0 fully saturated rings. The molecule has 0 spiro atoms. The quantitative estimate of drug-likeness (QED) is 0.812. The number of fused-ring (bicyclic) bond motifs is 1. The lowest BCUT2D eigenvalue weighted by Crippen LogP contribution is -2.46. The molecule has 0 radical (unpaired) electrons. The summed E-state index contributed by atoms with van der Waals surface area (Å²) in [5.74, 6) is -1.23. The van der Waals surface area contributed by atoms with E-state index in [9.17, 15) is 14.7 Å². The van der Waals surface area contributed by atoms with Crippen LogP contribution in [0.2, 0.25) is 0 Å². The van der Waals surface area contributed by atoms with Crippen LogP contribution in [0.5, 0.6) is 0 Å². The Morgan fingerprint density at radius 3 is 2.68 bits per heavy atom. The number of hydrogen-bond donors (Lipinski definition) is 2. The molecule has 0 bridgehead atoms. The van der Waals surface area contributed by atoms with Crippen LogP contribution in [-0.2, 0) is 16.0 Å². The van der Waals surface area contributed by atoms with Crippen LogP contribution in [0.15, 0.2) is 18.2 Å². The molecular formula is C17H24N2O3. The van der Waals surface area contributed by atoms with Crippen LogP contribution in [0.25, 0.3) is 0 Å². The first kappa shape index (κ1) is 16.5. The molecule has 120 valence electrons. The summed E-state index contributed by atoms with van der Waals surface area (Å²) in [4.78, 5) is 25.9. The van der Waals surface area contributed by atoms with Gasteiger partial charge in [-0.3, -0.25) is 9.59 Å². The number of hydrogen-bond acceptors (Lipinski definition) is 3. The van der Waals surface area contributed by atoms with Crippen molar-refractivity contribution in [2.45, 2.75) is 40.2 Å². The summed E-state index contributed by atoms with van der Waals surface area (Å²) in [6.07, 6.45) is 0.0726. The number of carbonyl (C=O) groups is 2. The summed E-state index contributed by atoms with van der Waals surface area (Å²) in [5.41, 5.74) is 2.74. The van der Waals surface area contributed by atoms with E-state index in [0.717, 1.165) is 23.2 Å². The average Bonchev–Trinajstić information content (AvgIpc) is 2.87. The molecule has 22 heavy (non-hydrogen) atoms. The van der Waals surface area contributed by atoms with Crippen LogP contribution >= 0.6 is 0 Å². The van der Waals surface area contributed by atoms with Crippen LogP contribution in [0.4, 0.5) is 5.69 Å². The highest BCUT2D eigenvalue weighted by Gasteiger charge is 2.30. The molecule has 5 heteroatoms. The highest BCUT2D eigenvalue weighted by Crippen LogP contribution is 2.30. The lowest BCUT2D eigenvalue weighted by Gasteiger charge is -2.26. The van der Waals surface area contributed by atoms with E-state index in [2.05, 4.69) is 5.32 Å². The van der Waals surface area contributed by atoms with Crippen molar-refractivity contribution >= 4 is 17.5 Å². The van der Waals surface area contributed by atoms with Gasteiger partial charge in [-0.25, -0.2) is 0 Å². The molecule has 1 aromatic carbocycles. The first-order valence-corrected chi connectivity index (χ1v) is 7.58. The molecule has 2 amide bonds. The van der Waals surface area contributed by atoms with Gasteiger partial charge in [0.15, 0.2) is 0 Å². The molecule has 0 saturated heterocycles. The smallest absolute Gasteiger partial charge is 0.316 e. The van der Waals surface area contributed by atoms with Crippen molar-refractivity contribution in [1.29, 1.82) is 0 Å². The van der Waals surface area contributed by atoms with Gasteiger partial charge >= 0.3 is 11.8 Å². The number of aliphatic hydroxyl groups is 1. The molecule has 2 N–H and O–H groups in total. The van der Waals surface area contributed by atoms with Gasteiger partial charge in [0.1, 0.15) is 0 Å². The highest BCUT2D eigenvalue weighted by atomic mass is 16.3.